The van der Waals surface area contributed by atoms with E-state index in [1.807, 2.05) is 13.8 Å². The van der Waals surface area contributed by atoms with Crippen LogP contribution in [0.4, 0.5) is 0 Å². The monoisotopic (exact) mass is 241 g/mol. The number of sulfonamides is 1. The molecule has 0 aromatic rings. The van der Waals surface area contributed by atoms with Crippen LogP contribution in [0, 0.1) is 0 Å². The van der Waals surface area contributed by atoms with Gasteiger partial charge in [-0.1, -0.05) is 6.92 Å². The molecular weight excluding hydrogens is 222 g/mol. The van der Waals surface area contributed by atoms with Gasteiger partial charge in [0.15, 0.2) is 0 Å². The fraction of sp³-hybridized carbons (Fsp3) is 1.00. The summed E-state index contributed by atoms with van der Waals surface area (Å²) in [6, 6.07) is 0. The van der Waals surface area contributed by atoms with Crippen molar-refractivity contribution in [2.24, 2.45) is 0 Å². The quantitative estimate of drug-likeness (QED) is 0.767. The van der Waals surface area contributed by atoms with Gasteiger partial charge in [0.2, 0.25) is 10.0 Å². The summed E-state index contributed by atoms with van der Waals surface area (Å²) in [6.07, 6.45) is 0.672. The van der Waals surface area contributed by atoms with Crippen molar-refractivity contribution in [2.75, 3.05) is 5.88 Å². The largest absolute Gasteiger partial charge is 0.217 e. The molecule has 0 saturated carbocycles. The van der Waals surface area contributed by atoms with Gasteiger partial charge in [-0.15, -0.1) is 11.6 Å². The number of hydrogen-bond acceptors (Lipinski definition) is 2. The molecule has 0 heterocycles. The van der Waals surface area contributed by atoms with Crippen molar-refractivity contribution in [3.05, 3.63) is 0 Å². The van der Waals surface area contributed by atoms with Crippen molar-refractivity contribution < 1.29 is 8.42 Å². The van der Waals surface area contributed by atoms with E-state index in [9.17, 15) is 8.42 Å². The zero-order valence-electron chi connectivity index (χ0n) is 9.52. The number of hydrogen-bond donors (Lipinski definition) is 1. The Hall–Kier alpha value is 0.200. The van der Waals surface area contributed by atoms with Gasteiger partial charge in [0.25, 0.3) is 0 Å². The molecule has 1 atom stereocenters. The Kier molecular flexibility index (Phi) is 4.43. The van der Waals surface area contributed by atoms with Crippen LogP contribution in [-0.4, -0.2) is 24.6 Å². The van der Waals surface area contributed by atoms with E-state index in [0.717, 1.165) is 0 Å². The van der Waals surface area contributed by atoms with Crippen molar-refractivity contribution in [1.29, 1.82) is 0 Å². The first-order valence-electron chi connectivity index (χ1n) is 4.67. The highest BCUT2D eigenvalue weighted by Crippen LogP contribution is 2.19. The summed E-state index contributed by atoms with van der Waals surface area (Å²) in [5.41, 5.74) is -0.548. The lowest BCUT2D eigenvalue weighted by Crippen LogP contribution is -2.52. The number of alkyl halides is 1. The van der Waals surface area contributed by atoms with Crippen LogP contribution in [-0.2, 0) is 10.0 Å². The van der Waals surface area contributed by atoms with Crippen LogP contribution >= 0.6 is 11.6 Å². The lowest BCUT2D eigenvalue weighted by molar-refractivity contribution is 0.434. The van der Waals surface area contributed by atoms with Crippen LogP contribution in [0.15, 0.2) is 0 Å². The Morgan fingerprint density at radius 3 is 1.86 bits per heavy atom. The molecule has 0 aliphatic carbocycles. The minimum absolute atomic E-state index is 0.277. The molecule has 86 valence electrons. The molecule has 0 rings (SSSR count). The summed E-state index contributed by atoms with van der Waals surface area (Å²) in [6.45, 7) is 8.72. The number of rotatable bonds is 4. The highest BCUT2D eigenvalue weighted by Gasteiger charge is 2.35. The van der Waals surface area contributed by atoms with Crippen molar-refractivity contribution in [1.82, 2.24) is 4.72 Å². The zero-order valence-corrected chi connectivity index (χ0v) is 11.1. The summed E-state index contributed by atoms with van der Waals surface area (Å²) in [4.78, 5) is 0. The standard InChI is InChI=1S/C9H20ClNO2S/c1-6-9(5,7-10)11-14(12,13)8(2,3)4/h11H,6-7H2,1-5H3. The second-order valence-corrected chi connectivity index (χ2v) is 7.47. The third-order valence-corrected chi connectivity index (χ3v) is 5.23. The summed E-state index contributed by atoms with van der Waals surface area (Å²) in [5.74, 6) is 0.277. The van der Waals surface area contributed by atoms with Crippen LogP contribution in [0.25, 0.3) is 0 Å². The summed E-state index contributed by atoms with van der Waals surface area (Å²) in [7, 11) is -3.31. The van der Waals surface area contributed by atoms with E-state index < -0.39 is 20.3 Å². The van der Waals surface area contributed by atoms with Crippen molar-refractivity contribution in [3.8, 4) is 0 Å². The molecule has 14 heavy (non-hydrogen) atoms. The van der Waals surface area contributed by atoms with Gasteiger partial charge in [0, 0.05) is 11.4 Å². The third kappa shape index (κ3) is 3.41. The number of halogens is 1. The molecule has 5 heteroatoms. The first-order valence-corrected chi connectivity index (χ1v) is 6.69. The van der Waals surface area contributed by atoms with E-state index >= 15 is 0 Å². The molecule has 0 saturated heterocycles. The molecule has 0 spiro atoms. The highest BCUT2D eigenvalue weighted by atomic mass is 35.5. The summed E-state index contributed by atoms with van der Waals surface area (Å²) in [5, 5.41) is 0. The van der Waals surface area contributed by atoms with Crippen molar-refractivity contribution >= 4 is 21.6 Å². The van der Waals surface area contributed by atoms with E-state index in [1.165, 1.54) is 0 Å². The van der Waals surface area contributed by atoms with Gasteiger partial charge in [0.1, 0.15) is 0 Å². The second kappa shape index (κ2) is 4.37. The van der Waals surface area contributed by atoms with Crippen LogP contribution < -0.4 is 4.72 Å². The maximum atomic E-state index is 11.8. The van der Waals surface area contributed by atoms with Gasteiger partial charge < -0.3 is 0 Å². The molecule has 0 aromatic heterocycles. The maximum Gasteiger partial charge on any atom is 0.217 e. The van der Waals surface area contributed by atoms with Gasteiger partial charge in [-0.3, -0.25) is 0 Å². The summed E-state index contributed by atoms with van der Waals surface area (Å²) >= 11 is 5.74. The molecule has 0 aliphatic rings. The van der Waals surface area contributed by atoms with Crippen LogP contribution in [0.1, 0.15) is 41.0 Å². The van der Waals surface area contributed by atoms with Crippen molar-refractivity contribution in [3.63, 3.8) is 0 Å². The molecule has 0 bridgehead atoms. The van der Waals surface area contributed by atoms with Crippen molar-refractivity contribution in [2.45, 2.75) is 51.3 Å². The molecule has 1 N–H and O–H groups in total. The topological polar surface area (TPSA) is 46.2 Å². The molecular formula is C9H20ClNO2S. The Bertz CT molecular complexity index is 276. The van der Waals surface area contributed by atoms with E-state index in [-0.39, 0.29) is 5.88 Å². The lowest BCUT2D eigenvalue weighted by Gasteiger charge is -2.31. The average molecular weight is 242 g/mol. The van der Waals surface area contributed by atoms with Gasteiger partial charge in [-0.05, 0) is 34.1 Å². The normalized spacial score (nSPS) is 17.9. The van der Waals surface area contributed by atoms with E-state index in [0.29, 0.717) is 6.42 Å². The van der Waals surface area contributed by atoms with Gasteiger partial charge in [-0.2, -0.15) is 0 Å². The minimum atomic E-state index is -3.31. The van der Waals surface area contributed by atoms with Crippen LogP contribution in [0.2, 0.25) is 0 Å². The molecule has 0 aliphatic heterocycles. The van der Waals surface area contributed by atoms with E-state index in [4.69, 9.17) is 11.6 Å². The molecule has 0 fully saturated rings. The molecule has 0 amide bonds. The van der Waals surface area contributed by atoms with E-state index in [2.05, 4.69) is 4.72 Å². The Morgan fingerprint density at radius 1 is 1.21 bits per heavy atom. The summed E-state index contributed by atoms with van der Waals surface area (Å²) < 4.78 is 25.5. The Labute approximate surface area is 92.3 Å². The molecule has 0 radical (unpaired) electrons. The van der Waals surface area contributed by atoms with Gasteiger partial charge >= 0.3 is 0 Å². The number of nitrogens with one attached hydrogen (secondary N) is 1. The molecule has 3 nitrogen and oxygen atoms in total. The highest BCUT2D eigenvalue weighted by molar-refractivity contribution is 7.90. The fourth-order valence-corrected chi connectivity index (χ4v) is 2.18. The predicted molar refractivity (Wildman–Crippen MR) is 61.2 cm³/mol. The molecule has 1 unspecified atom stereocenters. The average Bonchev–Trinajstić information content (AvgIpc) is 2.01. The SMILES string of the molecule is CCC(C)(CCl)NS(=O)(=O)C(C)(C)C. The second-order valence-electron chi connectivity index (χ2n) is 4.77. The first kappa shape index (κ1) is 14.2. The first-order chi connectivity index (χ1) is 6.08. The van der Waals surface area contributed by atoms with Crippen LogP contribution in [0.5, 0.6) is 0 Å². The Balaban J connectivity index is 4.85. The maximum absolute atomic E-state index is 11.8. The Morgan fingerprint density at radius 2 is 1.64 bits per heavy atom. The smallest absolute Gasteiger partial charge is 0.212 e. The zero-order chi connectivity index (χ0) is 11.6. The third-order valence-electron chi connectivity index (χ3n) is 2.26. The fourth-order valence-electron chi connectivity index (χ4n) is 0.671. The predicted octanol–water partition coefficient (Wildman–Crippen LogP) is 2.11. The minimum Gasteiger partial charge on any atom is -0.212 e. The van der Waals surface area contributed by atoms with Crippen LogP contribution in [0.3, 0.4) is 0 Å². The molecule has 0 aromatic carbocycles. The van der Waals surface area contributed by atoms with E-state index in [1.54, 1.807) is 20.8 Å². The van der Waals surface area contributed by atoms with Gasteiger partial charge in [0.05, 0.1) is 4.75 Å². The lowest BCUT2D eigenvalue weighted by atomic mass is 10.0. The van der Waals surface area contributed by atoms with Gasteiger partial charge in [-0.25, -0.2) is 13.1 Å².